The molecule has 3 nitrogen and oxygen atoms in total. The molecule has 2 bridgehead atoms. The summed E-state index contributed by atoms with van der Waals surface area (Å²) < 4.78 is 11.6. The van der Waals surface area contributed by atoms with Gasteiger partial charge in [-0.25, -0.2) is 0 Å². The minimum Gasteiger partial charge on any atom is -0.497 e. The third kappa shape index (κ3) is 1.82. The predicted molar refractivity (Wildman–Crippen MR) is 68.8 cm³/mol. The zero-order valence-corrected chi connectivity index (χ0v) is 10.8. The van der Waals surface area contributed by atoms with E-state index in [9.17, 15) is 0 Å². The Morgan fingerprint density at radius 1 is 1.50 bits per heavy atom. The van der Waals surface area contributed by atoms with Crippen molar-refractivity contribution in [2.75, 3.05) is 13.7 Å². The fourth-order valence-electron chi connectivity index (χ4n) is 3.39. The number of hydrogen-bond donors (Lipinski definition) is 1. The SMILES string of the molecule is COc1ccc2c(c1)[C@@]1(CCCO)CC[C@@H](C2)O1. The minimum atomic E-state index is -0.171. The van der Waals surface area contributed by atoms with Gasteiger partial charge >= 0.3 is 0 Å². The van der Waals surface area contributed by atoms with E-state index in [2.05, 4.69) is 12.1 Å². The molecule has 1 aromatic rings. The maximum absolute atomic E-state index is 9.09. The van der Waals surface area contributed by atoms with Crippen LogP contribution in [0.5, 0.6) is 5.75 Å². The molecule has 0 unspecified atom stereocenters. The summed E-state index contributed by atoms with van der Waals surface area (Å²) in [6.45, 7) is 0.231. The zero-order valence-electron chi connectivity index (χ0n) is 10.8. The first-order chi connectivity index (χ1) is 8.77. The van der Waals surface area contributed by atoms with Gasteiger partial charge in [0.15, 0.2) is 0 Å². The first-order valence-corrected chi connectivity index (χ1v) is 6.73. The molecule has 0 saturated carbocycles. The second kappa shape index (κ2) is 4.56. The van der Waals surface area contributed by atoms with Crippen molar-refractivity contribution in [3.63, 3.8) is 0 Å². The summed E-state index contributed by atoms with van der Waals surface area (Å²) in [6.07, 6.45) is 5.27. The molecule has 1 aromatic carbocycles. The Morgan fingerprint density at radius 2 is 2.39 bits per heavy atom. The van der Waals surface area contributed by atoms with Crippen molar-refractivity contribution < 1.29 is 14.6 Å². The Labute approximate surface area is 108 Å². The molecule has 98 valence electrons. The summed E-state index contributed by atoms with van der Waals surface area (Å²) in [5.74, 6) is 0.895. The normalized spacial score (nSPS) is 29.1. The van der Waals surface area contributed by atoms with Crippen LogP contribution in [0.2, 0.25) is 0 Å². The van der Waals surface area contributed by atoms with E-state index in [4.69, 9.17) is 14.6 Å². The van der Waals surface area contributed by atoms with Crippen LogP contribution in [0.15, 0.2) is 18.2 Å². The molecule has 3 heteroatoms. The standard InChI is InChI=1S/C15H20O3/c1-17-12-4-3-11-9-13-5-7-15(18-13,6-2-8-16)14(11)10-12/h3-4,10,13,16H,2,5-9H2,1H3/t13-,15+/m0/s1. The van der Waals surface area contributed by atoms with Crippen LogP contribution in [0.25, 0.3) is 0 Å². The second-order valence-electron chi connectivity index (χ2n) is 5.33. The Kier molecular flexibility index (Phi) is 3.04. The maximum atomic E-state index is 9.09. The Morgan fingerprint density at radius 3 is 3.17 bits per heavy atom. The number of aliphatic hydroxyl groups is 1. The molecule has 1 fully saturated rings. The van der Waals surface area contributed by atoms with E-state index in [1.54, 1.807) is 7.11 Å². The summed E-state index contributed by atoms with van der Waals surface area (Å²) in [5.41, 5.74) is 2.50. The van der Waals surface area contributed by atoms with Crippen molar-refractivity contribution in [2.45, 2.75) is 43.8 Å². The van der Waals surface area contributed by atoms with E-state index in [-0.39, 0.29) is 12.2 Å². The molecule has 3 rings (SSSR count). The van der Waals surface area contributed by atoms with E-state index in [1.807, 2.05) is 6.07 Å². The fraction of sp³-hybridized carbons (Fsp3) is 0.600. The van der Waals surface area contributed by atoms with Gasteiger partial charge in [0.05, 0.1) is 18.8 Å². The van der Waals surface area contributed by atoms with Crippen molar-refractivity contribution in [2.24, 2.45) is 0 Å². The van der Waals surface area contributed by atoms with Crippen molar-refractivity contribution in [3.05, 3.63) is 29.3 Å². The molecule has 18 heavy (non-hydrogen) atoms. The van der Waals surface area contributed by atoms with Crippen molar-refractivity contribution in [1.82, 2.24) is 0 Å². The average molecular weight is 248 g/mol. The lowest BCUT2D eigenvalue weighted by molar-refractivity contribution is -0.0654. The predicted octanol–water partition coefficient (Wildman–Crippen LogP) is 2.40. The van der Waals surface area contributed by atoms with E-state index >= 15 is 0 Å². The molecule has 1 N–H and O–H groups in total. The highest BCUT2D eigenvalue weighted by Crippen LogP contribution is 2.49. The molecule has 2 aliphatic rings. The molecule has 1 saturated heterocycles. The summed E-state index contributed by atoms with van der Waals surface area (Å²) in [5, 5.41) is 9.09. The molecule has 2 atom stereocenters. The zero-order chi connectivity index (χ0) is 12.6. The van der Waals surface area contributed by atoms with Crippen molar-refractivity contribution in [1.29, 1.82) is 0 Å². The number of benzene rings is 1. The number of hydrogen-bond acceptors (Lipinski definition) is 3. The van der Waals surface area contributed by atoms with E-state index < -0.39 is 0 Å². The van der Waals surface area contributed by atoms with E-state index in [0.717, 1.165) is 37.9 Å². The topological polar surface area (TPSA) is 38.7 Å². The first kappa shape index (κ1) is 12.0. The second-order valence-corrected chi connectivity index (χ2v) is 5.33. The molecule has 0 amide bonds. The third-order valence-electron chi connectivity index (χ3n) is 4.26. The van der Waals surface area contributed by atoms with Gasteiger partial charge in [-0.1, -0.05) is 6.07 Å². The largest absolute Gasteiger partial charge is 0.497 e. The summed E-state index contributed by atoms with van der Waals surface area (Å²) in [4.78, 5) is 0. The average Bonchev–Trinajstić information content (AvgIpc) is 2.75. The van der Waals surface area contributed by atoms with Gasteiger partial charge < -0.3 is 14.6 Å². The highest BCUT2D eigenvalue weighted by molar-refractivity contribution is 5.42. The van der Waals surface area contributed by atoms with Gasteiger partial charge in [0.25, 0.3) is 0 Å². The molecule has 0 radical (unpaired) electrons. The highest BCUT2D eigenvalue weighted by atomic mass is 16.5. The number of ether oxygens (including phenoxy) is 2. The van der Waals surface area contributed by atoms with Crippen LogP contribution < -0.4 is 4.74 Å². The van der Waals surface area contributed by atoms with Crippen LogP contribution in [0.3, 0.4) is 0 Å². The van der Waals surface area contributed by atoms with E-state index in [0.29, 0.717) is 6.10 Å². The van der Waals surface area contributed by atoms with Crippen molar-refractivity contribution in [3.8, 4) is 5.75 Å². The molecule has 0 aliphatic carbocycles. The van der Waals surface area contributed by atoms with Gasteiger partial charge in [-0.15, -0.1) is 0 Å². The lowest BCUT2D eigenvalue weighted by Gasteiger charge is -2.36. The molecule has 0 spiro atoms. The van der Waals surface area contributed by atoms with Crippen LogP contribution >= 0.6 is 0 Å². The van der Waals surface area contributed by atoms with Crippen LogP contribution in [0, 0.1) is 0 Å². The van der Waals surface area contributed by atoms with Gasteiger partial charge in [-0.05, 0) is 55.4 Å². The summed E-state index contributed by atoms with van der Waals surface area (Å²) >= 11 is 0. The quantitative estimate of drug-likeness (QED) is 0.889. The van der Waals surface area contributed by atoms with Gasteiger partial charge in [0.1, 0.15) is 5.75 Å². The van der Waals surface area contributed by atoms with Crippen molar-refractivity contribution >= 4 is 0 Å². The first-order valence-electron chi connectivity index (χ1n) is 6.73. The van der Waals surface area contributed by atoms with Crippen LogP contribution in [-0.4, -0.2) is 24.9 Å². The summed E-state index contributed by atoms with van der Waals surface area (Å²) in [7, 11) is 1.70. The number of rotatable bonds is 4. The minimum absolute atomic E-state index is 0.171. The monoisotopic (exact) mass is 248 g/mol. The molecule has 2 heterocycles. The van der Waals surface area contributed by atoms with Crippen LogP contribution in [-0.2, 0) is 16.8 Å². The highest BCUT2D eigenvalue weighted by Gasteiger charge is 2.46. The molecular weight excluding hydrogens is 228 g/mol. The van der Waals surface area contributed by atoms with E-state index in [1.165, 1.54) is 11.1 Å². The molecule has 2 aliphatic heterocycles. The van der Waals surface area contributed by atoms with Gasteiger partial charge in [-0.3, -0.25) is 0 Å². The smallest absolute Gasteiger partial charge is 0.119 e. The number of aliphatic hydroxyl groups excluding tert-OH is 1. The van der Waals surface area contributed by atoms with Crippen LogP contribution in [0.4, 0.5) is 0 Å². The lowest BCUT2D eigenvalue weighted by Crippen LogP contribution is -2.33. The number of fused-ring (bicyclic) bond motifs is 4. The maximum Gasteiger partial charge on any atom is 0.119 e. The van der Waals surface area contributed by atoms with Gasteiger partial charge in [0, 0.05) is 6.61 Å². The fourth-order valence-corrected chi connectivity index (χ4v) is 3.39. The number of methoxy groups -OCH3 is 1. The summed E-state index contributed by atoms with van der Waals surface area (Å²) in [6, 6.07) is 6.32. The Balaban J connectivity index is 2.00. The Bertz CT molecular complexity index is 443. The van der Waals surface area contributed by atoms with Gasteiger partial charge in [0.2, 0.25) is 0 Å². The molecule has 0 aromatic heterocycles. The molecular formula is C15H20O3. The third-order valence-corrected chi connectivity index (χ3v) is 4.26. The Hall–Kier alpha value is -1.06. The lowest BCUT2D eigenvalue weighted by atomic mass is 9.83. The van der Waals surface area contributed by atoms with Crippen LogP contribution in [0.1, 0.15) is 36.8 Å². The van der Waals surface area contributed by atoms with Gasteiger partial charge in [-0.2, -0.15) is 0 Å².